The van der Waals surface area contributed by atoms with Gasteiger partial charge in [0, 0.05) is 29.7 Å². The first kappa shape index (κ1) is 16.9. The topological polar surface area (TPSA) is 47.9 Å². The van der Waals surface area contributed by atoms with Crippen molar-refractivity contribution < 1.29 is 17.9 Å². The van der Waals surface area contributed by atoms with Crippen LogP contribution < -0.4 is 4.74 Å². The van der Waals surface area contributed by atoms with E-state index in [-0.39, 0.29) is 17.2 Å². The summed E-state index contributed by atoms with van der Waals surface area (Å²) in [4.78, 5) is 11.8. The molecule has 0 bridgehead atoms. The first-order chi connectivity index (χ1) is 11.9. The molecule has 0 fully saturated rings. The maximum Gasteiger partial charge on any atom is 0.433 e. The maximum absolute atomic E-state index is 12.8. The van der Waals surface area contributed by atoms with E-state index in [1.165, 1.54) is 13.0 Å². The SMILES string of the molecule is Cc1ccncc1-c1cccnc1Oc1cnc(C(F)(F)F)c(C)c1. The first-order valence-corrected chi connectivity index (χ1v) is 7.44. The molecular formula is C18H14F3N3O. The van der Waals surface area contributed by atoms with Crippen molar-refractivity contribution in [2.75, 3.05) is 0 Å². The summed E-state index contributed by atoms with van der Waals surface area (Å²) in [5.74, 6) is 0.464. The minimum absolute atomic E-state index is 0.0139. The molecule has 7 heteroatoms. The molecule has 3 aromatic rings. The van der Waals surface area contributed by atoms with Gasteiger partial charge in [-0.2, -0.15) is 13.2 Å². The lowest BCUT2D eigenvalue weighted by Gasteiger charge is -2.13. The Morgan fingerprint density at radius 3 is 2.40 bits per heavy atom. The van der Waals surface area contributed by atoms with E-state index in [4.69, 9.17) is 4.74 Å². The summed E-state index contributed by atoms with van der Waals surface area (Å²) < 4.78 is 44.1. The number of aryl methyl sites for hydroxylation is 2. The monoisotopic (exact) mass is 345 g/mol. The summed E-state index contributed by atoms with van der Waals surface area (Å²) in [6.45, 7) is 3.27. The number of rotatable bonds is 3. The Bertz CT molecular complexity index is 910. The van der Waals surface area contributed by atoms with Gasteiger partial charge in [-0.3, -0.25) is 4.98 Å². The van der Waals surface area contributed by atoms with Gasteiger partial charge in [0.25, 0.3) is 0 Å². The molecule has 0 aliphatic rings. The van der Waals surface area contributed by atoms with Gasteiger partial charge < -0.3 is 4.74 Å². The van der Waals surface area contributed by atoms with Crippen LogP contribution in [0.3, 0.4) is 0 Å². The minimum Gasteiger partial charge on any atom is -0.437 e. The molecule has 4 nitrogen and oxygen atoms in total. The molecule has 0 atom stereocenters. The molecule has 128 valence electrons. The first-order valence-electron chi connectivity index (χ1n) is 7.44. The van der Waals surface area contributed by atoms with Gasteiger partial charge in [-0.25, -0.2) is 9.97 Å². The zero-order valence-electron chi connectivity index (χ0n) is 13.5. The van der Waals surface area contributed by atoms with Crippen LogP contribution in [0.1, 0.15) is 16.8 Å². The minimum atomic E-state index is -4.49. The van der Waals surface area contributed by atoms with Crippen LogP contribution in [0.4, 0.5) is 13.2 Å². The van der Waals surface area contributed by atoms with Crippen LogP contribution in [0.5, 0.6) is 11.6 Å². The molecule has 25 heavy (non-hydrogen) atoms. The van der Waals surface area contributed by atoms with Gasteiger partial charge in [0.1, 0.15) is 11.4 Å². The third-order valence-corrected chi connectivity index (χ3v) is 3.64. The number of hydrogen-bond acceptors (Lipinski definition) is 4. The molecule has 0 radical (unpaired) electrons. The normalized spacial score (nSPS) is 11.4. The van der Waals surface area contributed by atoms with E-state index in [1.54, 1.807) is 24.7 Å². The van der Waals surface area contributed by atoms with Crippen LogP contribution in [0, 0.1) is 13.8 Å². The van der Waals surface area contributed by atoms with Gasteiger partial charge >= 0.3 is 6.18 Å². The van der Waals surface area contributed by atoms with Crippen molar-refractivity contribution in [2.45, 2.75) is 20.0 Å². The second kappa shape index (κ2) is 6.51. The number of pyridine rings is 3. The van der Waals surface area contributed by atoms with Crippen LogP contribution in [0.25, 0.3) is 11.1 Å². The predicted octanol–water partition coefficient (Wildman–Crippen LogP) is 4.97. The van der Waals surface area contributed by atoms with Gasteiger partial charge in [0.15, 0.2) is 0 Å². The number of nitrogens with zero attached hydrogens (tertiary/aromatic N) is 3. The van der Waals surface area contributed by atoms with Crippen LogP contribution in [-0.2, 0) is 6.18 Å². The number of ether oxygens (including phenoxy) is 1. The Morgan fingerprint density at radius 2 is 1.72 bits per heavy atom. The predicted molar refractivity (Wildman–Crippen MR) is 86.3 cm³/mol. The Labute approximate surface area is 142 Å². The average Bonchev–Trinajstić information content (AvgIpc) is 2.55. The van der Waals surface area contributed by atoms with Crippen molar-refractivity contribution in [3.63, 3.8) is 0 Å². The average molecular weight is 345 g/mol. The standard InChI is InChI=1S/C18H14F3N3O/c1-11-5-7-22-10-15(11)14-4-3-6-23-17(14)25-13-8-12(2)16(24-9-13)18(19,20)21/h3-10H,1-2H3. The van der Waals surface area contributed by atoms with E-state index in [2.05, 4.69) is 15.0 Å². The number of halogens is 3. The fraction of sp³-hybridized carbons (Fsp3) is 0.167. The van der Waals surface area contributed by atoms with Crippen molar-refractivity contribution in [3.05, 3.63) is 65.9 Å². The summed E-state index contributed by atoms with van der Waals surface area (Å²) in [7, 11) is 0. The highest BCUT2D eigenvalue weighted by molar-refractivity contribution is 5.70. The van der Waals surface area contributed by atoms with Crippen LogP contribution in [-0.4, -0.2) is 15.0 Å². The van der Waals surface area contributed by atoms with Gasteiger partial charge in [-0.05, 0) is 49.2 Å². The molecule has 0 aliphatic carbocycles. The highest BCUT2D eigenvalue weighted by Crippen LogP contribution is 2.35. The van der Waals surface area contributed by atoms with Crippen molar-refractivity contribution in [3.8, 4) is 22.8 Å². The van der Waals surface area contributed by atoms with E-state index in [0.29, 0.717) is 5.56 Å². The van der Waals surface area contributed by atoms with E-state index in [9.17, 15) is 13.2 Å². The van der Waals surface area contributed by atoms with Gasteiger partial charge in [0.05, 0.1) is 6.20 Å². The van der Waals surface area contributed by atoms with Crippen LogP contribution in [0.2, 0.25) is 0 Å². The maximum atomic E-state index is 12.8. The van der Waals surface area contributed by atoms with E-state index >= 15 is 0 Å². The Hall–Kier alpha value is -2.96. The Balaban J connectivity index is 1.98. The number of aromatic nitrogens is 3. The lowest BCUT2D eigenvalue weighted by Crippen LogP contribution is -2.10. The highest BCUT2D eigenvalue weighted by Gasteiger charge is 2.34. The largest absolute Gasteiger partial charge is 0.437 e. The zero-order chi connectivity index (χ0) is 18.0. The summed E-state index contributed by atoms with van der Waals surface area (Å²) in [6, 6.07) is 6.72. The molecule has 0 unspecified atom stereocenters. The quantitative estimate of drug-likeness (QED) is 0.673. The molecule has 3 aromatic heterocycles. The third kappa shape index (κ3) is 3.60. The fourth-order valence-corrected chi connectivity index (χ4v) is 2.44. The Morgan fingerprint density at radius 1 is 0.920 bits per heavy atom. The molecule has 0 aromatic carbocycles. The third-order valence-electron chi connectivity index (χ3n) is 3.64. The summed E-state index contributed by atoms with van der Waals surface area (Å²) >= 11 is 0. The van der Waals surface area contributed by atoms with Crippen molar-refractivity contribution in [1.82, 2.24) is 15.0 Å². The zero-order valence-corrected chi connectivity index (χ0v) is 13.5. The lowest BCUT2D eigenvalue weighted by molar-refractivity contribution is -0.141. The summed E-state index contributed by atoms with van der Waals surface area (Å²) in [5.41, 5.74) is 1.58. The molecule has 0 saturated carbocycles. The van der Waals surface area contributed by atoms with Crippen LogP contribution >= 0.6 is 0 Å². The summed E-state index contributed by atoms with van der Waals surface area (Å²) in [6.07, 6.45) is 1.47. The second-order valence-corrected chi connectivity index (χ2v) is 5.48. The van der Waals surface area contributed by atoms with Crippen molar-refractivity contribution in [2.24, 2.45) is 0 Å². The van der Waals surface area contributed by atoms with Gasteiger partial charge in [-0.15, -0.1) is 0 Å². The molecule has 0 spiro atoms. The van der Waals surface area contributed by atoms with E-state index < -0.39 is 11.9 Å². The number of hydrogen-bond donors (Lipinski definition) is 0. The van der Waals surface area contributed by atoms with Crippen molar-refractivity contribution in [1.29, 1.82) is 0 Å². The molecule has 0 N–H and O–H groups in total. The molecule has 3 heterocycles. The van der Waals surface area contributed by atoms with Crippen LogP contribution in [0.15, 0.2) is 49.1 Å². The summed E-state index contributed by atoms with van der Waals surface area (Å²) in [5, 5.41) is 0. The molecule has 0 saturated heterocycles. The smallest absolute Gasteiger partial charge is 0.433 e. The highest BCUT2D eigenvalue weighted by atomic mass is 19.4. The molecule has 3 rings (SSSR count). The van der Waals surface area contributed by atoms with E-state index in [1.807, 2.05) is 19.1 Å². The number of alkyl halides is 3. The Kier molecular flexibility index (Phi) is 4.39. The lowest BCUT2D eigenvalue weighted by atomic mass is 10.0. The van der Waals surface area contributed by atoms with Gasteiger partial charge in [-0.1, -0.05) is 0 Å². The second-order valence-electron chi connectivity index (χ2n) is 5.48. The fourth-order valence-electron chi connectivity index (χ4n) is 2.44. The van der Waals surface area contributed by atoms with Gasteiger partial charge in [0.2, 0.25) is 5.88 Å². The molecule has 0 amide bonds. The van der Waals surface area contributed by atoms with E-state index in [0.717, 1.165) is 17.3 Å². The van der Waals surface area contributed by atoms with Crippen molar-refractivity contribution >= 4 is 0 Å². The molecular weight excluding hydrogens is 331 g/mol. The molecule has 0 aliphatic heterocycles.